The van der Waals surface area contributed by atoms with Crippen molar-refractivity contribution in [2.75, 3.05) is 12.1 Å². The van der Waals surface area contributed by atoms with Gasteiger partial charge < -0.3 is 10.1 Å². The van der Waals surface area contributed by atoms with Crippen molar-refractivity contribution in [1.82, 2.24) is 5.32 Å². The molecule has 0 aromatic heterocycles. The van der Waals surface area contributed by atoms with Gasteiger partial charge in [0.05, 0.1) is 10.7 Å². The number of aryl methyl sites for hydroxylation is 2. The first kappa shape index (κ1) is 18.1. The number of nitrogens with zero attached hydrogens (tertiary/aromatic N) is 1. The van der Waals surface area contributed by atoms with Crippen molar-refractivity contribution in [3.63, 3.8) is 0 Å². The Morgan fingerprint density at radius 1 is 1.33 bits per heavy atom. The van der Waals surface area contributed by atoms with Crippen LogP contribution in [0.15, 0.2) is 36.4 Å². The van der Waals surface area contributed by atoms with Gasteiger partial charge in [0.15, 0.2) is 0 Å². The summed E-state index contributed by atoms with van der Waals surface area (Å²) in [5.74, 6) is 0.752. The minimum Gasteiger partial charge on any atom is -0.489 e. The van der Waals surface area contributed by atoms with Gasteiger partial charge in [0.25, 0.3) is 0 Å². The summed E-state index contributed by atoms with van der Waals surface area (Å²) in [5, 5.41) is 13.2. The molecule has 24 heavy (non-hydrogen) atoms. The minimum atomic E-state index is -0.673. The highest BCUT2D eigenvalue weighted by atomic mass is 35.5. The molecular formula is C18H21ClN2O3. The number of carbonyl (C=O) groups excluding carboxylic acids is 1. The third-order valence-corrected chi connectivity index (χ3v) is 4.02. The molecule has 2 rings (SSSR count). The van der Waals surface area contributed by atoms with Gasteiger partial charge in [-0.3, -0.25) is 5.21 Å². The fourth-order valence-electron chi connectivity index (χ4n) is 2.37. The van der Waals surface area contributed by atoms with Gasteiger partial charge in [0.1, 0.15) is 12.4 Å². The van der Waals surface area contributed by atoms with Crippen LogP contribution in [0.3, 0.4) is 0 Å². The van der Waals surface area contributed by atoms with Gasteiger partial charge in [-0.25, -0.2) is 4.79 Å². The van der Waals surface area contributed by atoms with E-state index in [1.165, 1.54) is 12.6 Å². The van der Waals surface area contributed by atoms with Crippen molar-refractivity contribution < 1.29 is 14.7 Å². The summed E-state index contributed by atoms with van der Waals surface area (Å²) < 4.78 is 5.85. The second-order valence-electron chi connectivity index (χ2n) is 5.36. The molecule has 6 heteroatoms. The number of amides is 2. The van der Waals surface area contributed by atoms with Crippen LogP contribution < -0.4 is 15.1 Å². The van der Waals surface area contributed by atoms with E-state index in [-0.39, 0.29) is 17.3 Å². The van der Waals surface area contributed by atoms with Crippen LogP contribution in [-0.2, 0) is 13.0 Å². The first-order chi connectivity index (χ1) is 11.5. The SMILES string of the molecule is CCc1ccc(OCc2cccc(Cl)c2N(O)C(=O)NC)c(C)c1. The van der Waals surface area contributed by atoms with Crippen molar-refractivity contribution in [3.8, 4) is 5.75 Å². The van der Waals surface area contributed by atoms with Crippen molar-refractivity contribution in [2.45, 2.75) is 26.9 Å². The van der Waals surface area contributed by atoms with E-state index in [9.17, 15) is 10.0 Å². The molecule has 5 nitrogen and oxygen atoms in total. The van der Waals surface area contributed by atoms with E-state index in [1.54, 1.807) is 18.2 Å². The van der Waals surface area contributed by atoms with Crippen molar-refractivity contribution in [2.24, 2.45) is 0 Å². The molecule has 0 aliphatic carbocycles. The van der Waals surface area contributed by atoms with Gasteiger partial charge in [0, 0.05) is 12.6 Å². The Hall–Kier alpha value is -2.24. The number of ether oxygens (including phenoxy) is 1. The van der Waals surface area contributed by atoms with Gasteiger partial charge in [-0.1, -0.05) is 42.8 Å². The number of anilines is 1. The number of halogens is 1. The summed E-state index contributed by atoms with van der Waals surface area (Å²) in [6.07, 6.45) is 0.963. The molecule has 0 saturated carbocycles. The van der Waals surface area contributed by atoms with Crippen LogP contribution in [0.1, 0.15) is 23.6 Å². The van der Waals surface area contributed by atoms with Crippen LogP contribution in [0.5, 0.6) is 5.75 Å². The molecule has 0 fully saturated rings. The number of hydrogen-bond donors (Lipinski definition) is 2. The second-order valence-corrected chi connectivity index (χ2v) is 5.76. The Labute approximate surface area is 146 Å². The van der Waals surface area contributed by atoms with E-state index >= 15 is 0 Å². The maximum absolute atomic E-state index is 11.7. The van der Waals surface area contributed by atoms with Crippen molar-refractivity contribution in [1.29, 1.82) is 0 Å². The molecule has 2 amide bonds. The molecule has 0 aliphatic heterocycles. The number of benzene rings is 2. The Balaban J connectivity index is 2.24. The maximum Gasteiger partial charge on any atom is 0.345 e. The maximum atomic E-state index is 11.7. The number of para-hydroxylation sites is 1. The van der Waals surface area contributed by atoms with Gasteiger partial charge in [-0.15, -0.1) is 0 Å². The number of urea groups is 1. The van der Waals surface area contributed by atoms with E-state index < -0.39 is 6.03 Å². The summed E-state index contributed by atoms with van der Waals surface area (Å²) in [7, 11) is 1.43. The van der Waals surface area contributed by atoms with Crippen LogP contribution in [0.4, 0.5) is 10.5 Å². The van der Waals surface area contributed by atoms with Gasteiger partial charge >= 0.3 is 6.03 Å². The molecule has 0 bridgehead atoms. The van der Waals surface area contributed by atoms with Crippen LogP contribution in [-0.4, -0.2) is 18.3 Å². The number of carbonyl (C=O) groups is 1. The van der Waals surface area contributed by atoms with E-state index in [0.717, 1.165) is 17.7 Å². The topological polar surface area (TPSA) is 61.8 Å². The van der Waals surface area contributed by atoms with Crippen molar-refractivity contribution >= 4 is 23.3 Å². The molecule has 0 radical (unpaired) electrons. The lowest BCUT2D eigenvalue weighted by atomic mass is 10.1. The number of hydrogen-bond acceptors (Lipinski definition) is 3. The summed E-state index contributed by atoms with van der Waals surface area (Å²) in [5.41, 5.74) is 3.09. The second kappa shape index (κ2) is 8.04. The van der Waals surface area contributed by atoms with E-state index in [0.29, 0.717) is 10.6 Å². The van der Waals surface area contributed by atoms with Crippen LogP contribution in [0.25, 0.3) is 0 Å². The average molecular weight is 349 g/mol. The van der Waals surface area contributed by atoms with E-state index in [1.807, 2.05) is 19.1 Å². The molecule has 0 atom stereocenters. The summed E-state index contributed by atoms with van der Waals surface area (Å²) in [6, 6.07) is 10.5. The van der Waals surface area contributed by atoms with Gasteiger partial charge in [0.2, 0.25) is 0 Å². The fraction of sp³-hybridized carbons (Fsp3) is 0.278. The molecule has 2 aromatic rings. The molecule has 0 aliphatic rings. The zero-order chi connectivity index (χ0) is 17.7. The molecule has 0 heterocycles. The number of rotatable bonds is 5. The zero-order valence-corrected chi connectivity index (χ0v) is 14.7. The van der Waals surface area contributed by atoms with Crippen LogP contribution in [0, 0.1) is 6.92 Å². The first-order valence-corrected chi connectivity index (χ1v) is 8.06. The largest absolute Gasteiger partial charge is 0.489 e. The Morgan fingerprint density at radius 2 is 2.08 bits per heavy atom. The smallest absolute Gasteiger partial charge is 0.345 e. The minimum absolute atomic E-state index is 0.177. The quantitative estimate of drug-likeness (QED) is 0.624. The molecule has 128 valence electrons. The predicted molar refractivity (Wildman–Crippen MR) is 95.1 cm³/mol. The van der Waals surface area contributed by atoms with Gasteiger partial charge in [-0.2, -0.15) is 5.06 Å². The van der Waals surface area contributed by atoms with Crippen LogP contribution >= 0.6 is 11.6 Å². The first-order valence-electron chi connectivity index (χ1n) is 7.68. The summed E-state index contributed by atoms with van der Waals surface area (Å²) >= 11 is 6.14. The third kappa shape index (κ3) is 3.99. The highest BCUT2D eigenvalue weighted by Gasteiger charge is 2.19. The van der Waals surface area contributed by atoms with E-state index in [4.69, 9.17) is 16.3 Å². The predicted octanol–water partition coefficient (Wildman–Crippen LogP) is 4.32. The Kier molecular flexibility index (Phi) is 6.06. The molecule has 2 aromatic carbocycles. The lowest BCUT2D eigenvalue weighted by Gasteiger charge is -2.20. The third-order valence-electron chi connectivity index (χ3n) is 3.72. The molecule has 0 unspecified atom stereocenters. The average Bonchev–Trinajstić information content (AvgIpc) is 2.59. The Morgan fingerprint density at radius 3 is 2.71 bits per heavy atom. The monoisotopic (exact) mass is 348 g/mol. The molecule has 2 N–H and O–H groups in total. The van der Waals surface area contributed by atoms with Crippen LogP contribution in [0.2, 0.25) is 5.02 Å². The lowest BCUT2D eigenvalue weighted by Crippen LogP contribution is -2.36. The number of nitrogens with one attached hydrogen (secondary N) is 1. The van der Waals surface area contributed by atoms with Crippen molar-refractivity contribution in [3.05, 3.63) is 58.1 Å². The highest BCUT2D eigenvalue weighted by molar-refractivity contribution is 6.33. The van der Waals surface area contributed by atoms with E-state index in [2.05, 4.69) is 18.3 Å². The molecule has 0 saturated heterocycles. The van der Waals surface area contributed by atoms with Gasteiger partial charge in [-0.05, 0) is 36.6 Å². The highest BCUT2D eigenvalue weighted by Crippen LogP contribution is 2.30. The summed E-state index contributed by atoms with van der Waals surface area (Å²) in [4.78, 5) is 11.7. The standard InChI is InChI=1S/C18H21ClN2O3/c1-4-13-8-9-16(12(2)10-13)24-11-14-6-5-7-15(19)17(14)21(23)18(22)20-3/h5-10,23H,4,11H2,1-3H3,(H,20,22). The summed E-state index contributed by atoms with van der Waals surface area (Å²) in [6.45, 7) is 4.26. The zero-order valence-electron chi connectivity index (χ0n) is 14.0. The number of hydroxylamine groups is 1. The molecule has 0 spiro atoms. The molecular weight excluding hydrogens is 328 g/mol. The normalized spacial score (nSPS) is 10.4. The fourth-order valence-corrected chi connectivity index (χ4v) is 2.64. The lowest BCUT2D eigenvalue weighted by molar-refractivity contribution is 0.205. The Bertz CT molecular complexity index is 734.